The lowest BCUT2D eigenvalue weighted by molar-refractivity contribution is 0.358. The van der Waals surface area contributed by atoms with E-state index in [1.807, 2.05) is 6.08 Å². The summed E-state index contributed by atoms with van der Waals surface area (Å²) in [6.45, 7) is 5.91. The van der Waals surface area contributed by atoms with Gasteiger partial charge in [-0.2, -0.15) is 5.26 Å². The minimum absolute atomic E-state index is 0.208. The number of nitrogens with one attached hydrogen (secondary N) is 1. The van der Waals surface area contributed by atoms with Gasteiger partial charge in [-0.05, 0) is 26.2 Å². The largest absolute Gasteiger partial charge is 0.310 e. The first-order valence-corrected chi connectivity index (χ1v) is 6.04. The van der Waals surface area contributed by atoms with Crippen molar-refractivity contribution in [3.05, 3.63) is 12.7 Å². The van der Waals surface area contributed by atoms with Crippen molar-refractivity contribution in [2.75, 3.05) is 0 Å². The summed E-state index contributed by atoms with van der Waals surface area (Å²) in [5.41, 5.74) is 0. The van der Waals surface area contributed by atoms with Gasteiger partial charge in [0, 0.05) is 12.1 Å². The zero-order valence-electron chi connectivity index (χ0n) is 9.71. The van der Waals surface area contributed by atoms with Crippen LogP contribution in [-0.2, 0) is 0 Å². The fraction of sp³-hybridized carbons (Fsp3) is 0.769. The van der Waals surface area contributed by atoms with Crippen molar-refractivity contribution >= 4 is 0 Å². The van der Waals surface area contributed by atoms with Crippen LogP contribution in [-0.4, -0.2) is 12.1 Å². The predicted molar refractivity (Wildman–Crippen MR) is 63.4 cm³/mol. The van der Waals surface area contributed by atoms with Gasteiger partial charge in [0.1, 0.15) is 0 Å². The predicted octanol–water partition coefficient (Wildman–Crippen LogP) is 3.01. The van der Waals surface area contributed by atoms with Crippen LogP contribution in [0.25, 0.3) is 0 Å². The Hall–Kier alpha value is -0.810. The molecule has 1 aliphatic rings. The third-order valence-corrected chi connectivity index (χ3v) is 3.20. The van der Waals surface area contributed by atoms with Crippen molar-refractivity contribution in [1.29, 1.82) is 5.26 Å². The Balaban J connectivity index is 2.48. The molecule has 0 aliphatic heterocycles. The molecule has 0 amide bonds. The Morgan fingerprint density at radius 1 is 1.47 bits per heavy atom. The van der Waals surface area contributed by atoms with Crippen LogP contribution in [0.4, 0.5) is 0 Å². The van der Waals surface area contributed by atoms with Crippen LogP contribution in [0.15, 0.2) is 12.7 Å². The molecular formula is C13H22N2. The van der Waals surface area contributed by atoms with Gasteiger partial charge in [0.15, 0.2) is 0 Å². The summed E-state index contributed by atoms with van der Waals surface area (Å²) < 4.78 is 0. The summed E-state index contributed by atoms with van der Waals surface area (Å²) in [4.78, 5) is 0. The molecule has 0 bridgehead atoms. The van der Waals surface area contributed by atoms with Gasteiger partial charge in [-0.15, -0.1) is 6.58 Å². The molecule has 0 radical (unpaired) electrons. The smallest absolute Gasteiger partial charge is 0.0672 e. The molecule has 0 spiro atoms. The van der Waals surface area contributed by atoms with Gasteiger partial charge < -0.3 is 5.32 Å². The molecule has 1 saturated carbocycles. The van der Waals surface area contributed by atoms with E-state index in [0.717, 1.165) is 19.3 Å². The highest BCUT2D eigenvalue weighted by Gasteiger charge is 2.23. The van der Waals surface area contributed by atoms with E-state index in [0.29, 0.717) is 12.1 Å². The number of nitriles is 1. The first kappa shape index (κ1) is 12.3. The third kappa shape index (κ3) is 4.05. The first-order chi connectivity index (χ1) is 7.27. The lowest BCUT2D eigenvalue weighted by Gasteiger charge is -2.24. The Morgan fingerprint density at radius 2 is 2.20 bits per heavy atom. The normalized spacial score (nSPS) is 28.8. The van der Waals surface area contributed by atoms with Gasteiger partial charge >= 0.3 is 0 Å². The van der Waals surface area contributed by atoms with Crippen molar-refractivity contribution < 1.29 is 0 Å². The van der Waals surface area contributed by atoms with E-state index in [9.17, 15) is 0 Å². The Morgan fingerprint density at radius 3 is 2.87 bits per heavy atom. The second kappa shape index (κ2) is 6.63. The van der Waals surface area contributed by atoms with E-state index in [1.165, 1.54) is 19.3 Å². The van der Waals surface area contributed by atoms with E-state index < -0.39 is 0 Å². The topological polar surface area (TPSA) is 35.8 Å². The van der Waals surface area contributed by atoms with E-state index in [-0.39, 0.29) is 5.92 Å². The van der Waals surface area contributed by atoms with Crippen LogP contribution < -0.4 is 5.32 Å². The molecule has 0 aromatic rings. The lowest BCUT2D eigenvalue weighted by Crippen LogP contribution is -2.40. The van der Waals surface area contributed by atoms with Crippen LogP contribution in [0, 0.1) is 17.2 Å². The second-order valence-corrected chi connectivity index (χ2v) is 4.57. The van der Waals surface area contributed by atoms with Gasteiger partial charge in [0.2, 0.25) is 0 Å². The summed E-state index contributed by atoms with van der Waals surface area (Å²) in [7, 11) is 0. The van der Waals surface area contributed by atoms with E-state index in [4.69, 9.17) is 5.26 Å². The Kier molecular flexibility index (Phi) is 5.42. The summed E-state index contributed by atoms with van der Waals surface area (Å²) in [5.74, 6) is 0.208. The minimum atomic E-state index is 0.208. The molecule has 0 aromatic carbocycles. The summed E-state index contributed by atoms with van der Waals surface area (Å²) >= 11 is 0. The van der Waals surface area contributed by atoms with E-state index in [1.54, 1.807) is 0 Å². The quantitative estimate of drug-likeness (QED) is 0.567. The molecule has 84 valence electrons. The Labute approximate surface area is 93.4 Å². The average Bonchev–Trinajstić information content (AvgIpc) is 2.43. The van der Waals surface area contributed by atoms with Crippen molar-refractivity contribution in [3.63, 3.8) is 0 Å². The van der Waals surface area contributed by atoms with Crippen LogP contribution in [0.2, 0.25) is 0 Å². The molecule has 0 heterocycles. The molecule has 15 heavy (non-hydrogen) atoms. The fourth-order valence-electron chi connectivity index (χ4n) is 2.35. The maximum atomic E-state index is 9.12. The maximum absolute atomic E-state index is 9.12. The standard InChI is InChI=1S/C13H22N2/c1-3-7-11(2)15-13-9-6-4-5-8-12(13)10-14/h3,11-13,15H,1,4-9H2,2H3. The molecule has 3 unspecified atom stereocenters. The van der Waals surface area contributed by atoms with Gasteiger partial charge in [0.25, 0.3) is 0 Å². The molecule has 1 aliphatic carbocycles. The number of nitrogens with zero attached hydrogens (tertiary/aromatic N) is 1. The third-order valence-electron chi connectivity index (χ3n) is 3.20. The van der Waals surface area contributed by atoms with Crippen molar-refractivity contribution in [3.8, 4) is 6.07 Å². The Bertz CT molecular complexity index is 229. The zero-order chi connectivity index (χ0) is 11.1. The molecule has 3 atom stereocenters. The van der Waals surface area contributed by atoms with Crippen LogP contribution in [0.5, 0.6) is 0 Å². The second-order valence-electron chi connectivity index (χ2n) is 4.57. The summed E-state index contributed by atoms with van der Waals surface area (Å²) in [6, 6.07) is 3.29. The molecule has 1 rings (SSSR count). The highest BCUT2D eigenvalue weighted by atomic mass is 14.9. The molecule has 1 N–H and O–H groups in total. The van der Waals surface area contributed by atoms with Gasteiger partial charge in [-0.1, -0.05) is 25.3 Å². The van der Waals surface area contributed by atoms with E-state index >= 15 is 0 Å². The van der Waals surface area contributed by atoms with Crippen molar-refractivity contribution in [1.82, 2.24) is 5.32 Å². The first-order valence-electron chi connectivity index (χ1n) is 6.04. The summed E-state index contributed by atoms with van der Waals surface area (Å²) in [5, 5.41) is 12.7. The SMILES string of the molecule is C=CCC(C)NC1CCCCCC1C#N. The van der Waals surface area contributed by atoms with Crippen LogP contribution >= 0.6 is 0 Å². The average molecular weight is 206 g/mol. The molecule has 1 fully saturated rings. The number of rotatable bonds is 4. The van der Waals surface area contributed by atoms with Crippen molar-refractivity contribution in [2.24, 2.45) is 5.92 Å². The summed E-state index contributed by atoms with van der Waals surface area (Å²) in [6.07, 6.45) is 8.90. The van der Waals surface area contributed by atoms with E-state index in [2.05, 4.69) is 24.9 Å². The fourth-order valence-corrected chi connectivity index (χ4v) is 2.35. The molecule has 2 nitrogen and oxygen atoms in total. The highest BCUT2D eigenvalue weighted by molar-refractivity contribution is 4.94. The van der Waals surface area contributed by atoms with Crippen LogP contribution in [0.3, 0.4) is 0 Å². The van der Waals surface area contributed by atoms with Gasteiger partial charge in [-0.3, -0.25) is 0 Å². The van der Waals surface area contributed by atoms with Gasteiger partial charge in [-0.25, -0.2) is 0 Å². The molecule has 0 saturated heterocycles. The highest BCUT2D eigenvalue weighted by Crippen LogP contribution is 2.23. The number of hydrogen-bond acceptors (Lipinski definition) is 2. The number of hydrogen-bond donors (Lipinski definition) is 1. The molecular weight excluding hydrogens is 184 g/mol. The monoisotopic (exact) mass is 206 g/mol. The van der Waals surface area contributed by atoms with Crippen molar-refractivity contribution in [2.45, 2.75) is 57.5 Å². The minimum Gasteiger partial charge on any atom is -0.310 e. The lowest BCUT2D eigenvalue weighted by atomic mass is 9.95. The molecule has 2 heteroatoms. The van der Waals surface area contributed by atoms with Gasteiger partial charge in [0.05, 0.1) is 12.0 Å². The zero-order valence-corrected chi connectivity index (χ0v) is 9.71. The maximum Gasteiger partial charge on any atom is 0.0672 e. The van der Waals surface area contributed by atoms with Crippen LogP contribution in [0.1, 0.15) is 45.4 Å². The molecule has 0 aromatic heterocycles.